The van der Waals surface area contributed by atoms with Crippen LogP contribution in [0.25, 0.3) is 22.2 Å². The van der Waals surface area contributed by atoms with E-state index in [4.69, 9.17) is 4.74 Å². The van der Waals surface area contributed by atoms with Crippen LogP contribution in [0, 0.1) is 0 Å². The van der Waals surface area contributed by atoms with Crippen LogP contribution in [0.4, 0.5) is 5.69 Å². The van der Waals surface area contributed by atoms with Crippen molar-refractivity contribution in [2.45, 2.75) is 51.1 Å². The van der Waals surface area contributed by atoms with Crippen molar-refractivity contribution < 1.29 is 27.5 Å². The number of nitrogens with zero attached hydrogens (tertiary/aromatic N) is 2. The Labute approximate surface area is 256 Å². The molecule has 0 unspecified atom stereocenters. The van der Waals surface area contributed by atoms with Gasteiger partial charge in [0.1, 0.15) is 6.54 Å². The highest BCUT2D eigenvalue weighted by atomic mass is 32.2. The van der Waals surface area contributed by atoms with Gasteiger partial charge in [-0.25, -0.2) is 9.52 Å². The fraction of sp³-hybridized carbons (Fsp3) is 0.303. The van der Waals surface area contributed by atoms with Crippen molar-refractivity contribution in [3.05, 3.63) is 89.0 Å². The molecule has 1 aromatic heterocycles. The molecule has 0 atom stereocenters. The summed E-state index contributed by atoms with van der Waals surface area (Å²) in [6.07, 6.45) is 5.57. The Balaban J connectivity index is 1.32. The third-order valence-electron chi connectivity index (χ3n) is 8.55. The van der Waals surface area contributed by atoms with Crippen molar-refractivity contribution >= 4 is 44.6 Å². The number of ether oxygens (including phenoxy) is 1. The van der Waals surface area contributed by atoms with Gasteiger partial charge in [-0.05, 0) is 60.2 Å². The molecule has 0 bridgehead atoms. The predicted octanol–water partition coefficient (Wildman–Crippen LogP) is 5.20. The van der Waals surface area contributed by atoms with Gasteiger partial charge in [0.05, 0.1) is 29.6 Å². The Hall–Kier alpha value is -4.48. The van der Waals surface area contributed by atoms with E-state index in [1.807, 2.05) is 34.9 Å². The average molecular weight is 615 g/mol. The standard InChI is InChI=1S/C33H34N4O6S/c1-36(19-21-12-14-23(15-13-21)33(40)43-2)44(41,42)35-32(39)24-16-17-26-28(18-24)37-20-29(38)34-27-11-7-6-10-25(27)31(37)30(26)22-8-4-3-5-9-22/h6-7,10-18,22H,3-5,8-9,19-20H2,1-2H3,(H,34,38)(H,35,39). The van der Waals surface area contributed by atoms with E-state index in [1.165, 1.54) is 26.1 Å². The molecule has 1 aliphatic carbocycles. The van der Waals surface area contributed by atoms with Gasteiger partial charge in [-0.15, -0.1) is 0 Å². The summed E-state index contributed by atoms with van der Waals surface area (Å²) in [4.78, 5) is 38.1. The van der Waals surface area contributed by atoms with Gasteiger partial charge < -0.3 is 14.6 Å². The number of rotatable bonds is 7. The van der Waals surface area contributed by atoms with Crippen molar-refractivity contribution in [1.29, 1.82) is 0 Å². The second kappa shape index (κ2) is 11.9. The van der Waals surface area contributed by atoms with E-state index in [0.29, 0.717) is 17.0 Å². The number of amides is 2. The summed E-state index contributed by atoms with van der Waals surface area (Å²) in [5, 5.41) is 3.99. The maximum atomic E-state index is 13.4. The topological polar surface area (TPSA) is 127 Å². The van der Waals surface area contributed by atoms with E-state index in [2.05, 4.69) is 10.0 Å². The number of nitrogens with one attached hydrogen (secondary N) is 2. The molecule has 6 rings (SSSR count). The first-order chi connectivity index (χ1) is 21.2. The first-order valence-corrected chi connectivity index (χ1v) is 16.1. The number of anilines is 1. The average Bonchev–Trinajstić information content (AvgIpc) is 3.25. The van der Waals surface area contributed by atoms with Gasteiger partial charge in [0.25, 0.3) is 5.91 Å². The minimum Gasteiger partial charge on any atom is -0.465 e. The van der Waals surface area contributed by atoms with Crippen LogP contribution in [0.1, 0.15) is 69.9 Å². The number of hydrogen-bond donors (Lipinski definition) is 2. The van der Waals surface area contributed by atoms with Gasteiger partial charge in [0, 0.05) is 30.1 Å². The molecule has 1 aliphatic heterocycles. The molecule has 0 spiro atoms. The second-order valence-electron chi connectivity index (χ2n) is 11.4. The Bertz CT molecular complexity index is 1870. The number of carbonyl (C=O) groups excluding carboxylic acids is 3. The number of para-hydroxylation sites is 1. The van der Waals surface area contributed by atoms with Crippen molar-refractivity contribution in [2.75, 3.05) is 19.5 Å². The quantitative estimate of drug-likeness (QED) is 0.276. The molecule has 44 heavy (non-hydrogen) atoms. The molecule has 2 amide bonds. The van der Waals surface area contributed by atoms with Crippen LogP contribution in [-0.4, -0.2) is 49.2 Å². The maximum Gasteiger partial charge on any atom is 0.337 e. The van der Waals surface area contributed by atoms with Crippen LogP contribution in [0.5, 0.6) is 0 Å². The zero-order chi connectivity index (χ0) is 31.0. The molecule has 2 aliphatic rings. The monoisotopic (exact) mass is 614 g/mol. The van der Waals surface area contributed by atoms with Crippen molar-refractivity contribution in [2.24, 2.45) is 0 Å². The van der Waals surface area contributed by atoms with E-state index in [-0.39, 0.29) is 24.6 Å². The number of esters is 1. The molecule has 4 aromatic rings. The fourth-order valence-corrected chi connectivity index (χ4v) is 7.20. The van der Waals surface area contributed by atoms with Crippen LogP contribution >= 0.6 is 0 Å². The van der Waals surface area contributed by atoms with E-state index in [9.17, 15) is 22.8 Å². The van der Waals surface area contributed by atoms with Crippen molar-refractivity contribution in [3.63, 3.8) is 0 Å². The number of methoxy groups -OCH3 is 1. The van der Waals surface area contributed by atoms with Gasteiger partial charge >= 0.3 is 16.2 Å². The highest BCUT2D eigenvalue weighted by Gasteiger charge is 2.31. The summed E-state index contributed by atoms with van der Waals surface area (Å²) >= 11 is 0. The normalized spacial score (nSPS) is 15.3. The lowest BCUT2D eigenvalue weighted by Crippen LogP contribution is -2.41. The molecule has 1 saturated carbocycles. The third-order valence-corrected chi connectivity index (χ3v) is 9.94. The maximum absolute atomic E-state index is 13.4. The molecule has 1 fully saturated rings. The van der Waals surface area contributed by atoms with Gasteiger partial charge in [-0.1, -0.05) is 55.7 Å². The van der Waals surface area contributed by atoms with E-state index >= 15 is 0 Å². The lowest BCUT2D eigenvalue weighted by atomic mass is 9.81. The Morgan fingerprint density at radius 2 is 1.70 bits per heavy atom. The van der Waals surface area contributed by atoms with Crippen LogP contribution in [0.3, 0.4) is 0 Å². The zero-order valence-corrected chi connectivity index (χ0v) is 25.4. The Kier molecular flexibility index (Phi) is 8.00. The minimum absolute atomic E-state index is 0.0193. The van der Waals surface area contributed by atoms with Crippen LogP contribution < -0.4 is 10.0 Å². The SMILES string of the molecule is COC(=O)c1ccc(CN(C)S(=O)(=O)NC(=O)c2ccc3c(C4CCCCC4)c4n(c3c2)CC(=O)Nc2ccccc2-4)cc1. The van der Waals surface area contributed by atoms with Gasteiger partial charge in [-0.2, -0.15) is 12.7 Å². The molecule has 2 heterocycles. The molecule has 10 nitrogen and oxygen atoms in total. The molecule has 2 N–H and O–H groups in total. The molecular weight excluding hydrogens is 580 g/mol. The first kappa shape index (κ1) is 29.6. The first-order valence-electron chi connectivity index (χ1n) is 14.7. The number of hydrogen-bond acceptors (Lipinski definition) is 6. The summed E-state index contributed by atoms with van der Waals surface area (Å²) in [5.41, 5.74) is 5.71. The van der Waals surface area contributed by atoms with E-state index < -0.39 is 22.1 Å². The summed E-state index contributed by atoms with van der Waals surface area (Å²) < 4.78 is 36.1. The third kappa shape index (κ3) is 5.60. The number of aromatic nitrogens is 1. The Morgan fingerprint density at radius 1 is 1.00 bits per heavy atom. The summed E-state index contributed by atoms with van der Waals surface area (Å²) in [5.74, 6) is -1.11. The van der Waals surface area contributed by atoms with Gasteiger partial charge in [0.15, 0.2) is 0 Å². The summed E-state index contributed by atoms with van der Waals surface area (Å²) in [6, 6.07) is 19.3. The zero-order valence-electron chi connectivity index (χ0n) is 24.6. The molecule has 228 valence electrons. The van der Waals surface area contributed by atoms with Crippen molar-refractivity contribution in [3.8, 4) is 11.3 Å². The van der Waals surface area contributed by atoms with Crippen LogP contribution in [0.15, 0.2) is 66.7 Å². The summed E-state index contributed by atoms with van der Waals surface area (Å²) in [7, 11) is -1.55. The van der Waals surface area contributed by atoms with Crippen LogP contribution in [0.2, 0.25) is 0 Å². The predicted molar refractivity (Wildman–Crippen MR) is 167 cm³/mol. The number of carbonyl (C=O) groups is 3. The lowest BCUT2D eigenvalue weighted by molar-refractivity contribution is -0.116. The smallest absolute Gasteiger partial charge is 0.337 e. The molecule has 0 radical (unpaired) electrons. The second-order valence-corrected chi connectivity index (χ2v) is 13.2. The number of fused-ring (bicyclic) bond motifs is 5. The van der Waals surface area contributed by atoms with E-state index in [1.54, 1.807) is 36.4 Å². The number of benzene rings is 3. The lowest BCUT2D eigenvalue weighted by Gasteiger charge is -2.23. The fourth-order valence-electron chi connectivity index (χ4n) is 6.37. The van der Waals surface area contributed by atoms with Gasteiger partial charge in [0.2, 0.25) is 5.91 Å². The highest BCUT2D eigenvalue weighted by Crippen LogP contribution is 2.46. The molecule has 3 aromatic carbocycles. The Morgan fingerprint density at radius 3 is 2.43 bits per heavy atom. The minimum atomic E-state index is -4.20. The molecule has 0 saturated heterocycles. The van der Waals surface area contributed by atoms with Crippen LogP contribution in [-0.2, 0) is 32.8 Å². The molecular formula is C33H34N4O6S. The largest absolute Gasteiger partial charge is 0.465 e. The van der Waals surface area contributed by atoms with Crippen molar-refractivity contribution in [1.82, 2.24) is 13.6 Å². The van der Waals surface area contributed by atoms with E-state index in [0.717, 1.165) is 57.8 Å². The molecule has 11 heteroatoms. The highest BCUT2D eigenvalue weighted by molar-refractivity contribution is 7.87. The summed E-state index contributed by atoms with van der Waals surface area (Å²) in [6.45, 7) is 0.0582. The van der Waals surface area contributed by atoms with Gasteiger partial charge in [-0.3, -0.25) is 9.59 Å².